The van der Waals surface area contributed by atoms with Crippen LogP contribution in [0.4, 0.5) is 0 Å². The van der Waals surface area contributed by atoms with Crippen LogP contribution in [0.1, 0.15) is 20.3 Å². The fourth-order valence-electron chi connectivity index (χ4n) is 1.89. The largest absolute Gasteiger partial charge is 0.376 e. The van der Waals surface area contributed by atoms with Gasteiger partial charge in [-0.05, 0) is 32.5 Å². The van der Waals surface area contributed by atoms with Gasteiger partial charge in [0.25, 0.3) is 0 Å². The molecule has 14 heavy (non-hydrogen) atoms. The maximum atomic E-state index is 11.5. The van der Waals surface area contributed by atoms with E-state index in [2.05, 4.69) is 10.2 Å². The van der Waals surface area contributed by atoms with Gasteiger partial charge in [0, 0.05) is 6.61 Å². The second-order valence-electron chi connectivity index (χ2n) is 3.82. The zero-order valence-electron chi connectivity index (χ0n) is 8.16. The summed E-state index contributed by atoms with van der Waals surface area (Å²) in [5.41, 5.74) is -0.528. The number of hydrogen-bond acceptors (Lipinski definition) is 3. The standard InChI is InChI=1S/C8H13N3O2S/c1-5-8(2,3-4-13-5)11-6(12)9-10-7(11)14/h5H,3-4H2,1-2H3,(H,9,12)(H,10,14). The van der Waals surface area contributed by atoms with Crippen molar-refractivity contribution in [1.29, 1.82) is 0 Å². The average molecular weight is 215 g/mol. The topological polar surface area (TPSA) is 62.8 Å². The van der Waals surface area contributed by atoms with Crippen LogP contribution in [0, 0.1) is 4.77 Å². The molecule has 1 aliphatic heterocycles. The Bertz CT molecular complexity index is 418. The van der Waals surface area contributed by atoms with E-state index in [9.17, 15) is 4.79 Å². The van der Waals surface area contributed by atoms with Gasteiger partial charge in [0.2, 0.25) is 0 Å². The van der Waals surface area contributed by atoms with Gasteiger partial charge >= 0.3 is 5.69 Å². The van der Waals surface area contributed by atoms with E-state index in [1.807, 2.05) is 13.8 Å². The van der Waals surface area contributed by atoms with Gasteiger partial charge in [-0.2, -0.15) is 0 Å². The Hall–Kier alpha value is -0.880. The number of nitrogens with zero attached hydrogens (tertiary/aromatic N) is 1. The quantitative estimate of drug-likeness (QED) is 0.680. The van der Waals surface area contributed by atoms with Crippen LogP contribution in [0.25, 0.3) is 0 Å². The molecule has 2 rings (SSSR count). The Labute approximate surface area is 86.1 Å². The van der Waals surface area contributed by atoms with Crippen LogP contribution < -0.4 is 5.69 Å². The smallest absolute Gasteiger partial charge is 0.342 e. The molecule has 0 aromatic carbocycles. The highest BCUT2D eigenvalue weighted by Gasteiger charge is 2.40. The minimum Gasteiger partial charge on any atom is -0.376 e. The van der Waals surface area contributed by atoms with Crippen LogP contribution >= 0.6 is 12.2 Å². The molecular weight excluding hydrogens is 202 g/mol. The maximum absolute atomic E-state index is 11.5. The Kier molecular flexibility index (Phi) is 2.11. The third-order valence-electron chi connectivity index (χ3n) is 3.05. The van der Waals surface area contributed by atoms with Crippen molar-refractivity contribution in [3.05, 3.63) is 15.3 Å². The van der Waals surface area contributed by atoms with Crippen LogP contribution in [-0.4, -0.2) is 27.5 Å². The monoisotopic (exact) mass is 215 g/mol. The molecule has 1 aromatic heterocycles. The first kappa shape index (κ1) is 9.67. The molecule has 5 nitrogen and oxygen atoms in total. The Morgan fingerprint density at radius 2 is 2.36 bits per heavy atom. The van der Waals surface area contributed by atoms with E-state index in [4.69, 9.17) is 17.0 Å². The molecule has 1 aliphatic rings. The van der Waals surface area contributed by atoms with E-state index >= 15 is 0 Å². The molecule has 1 fully saturated rings. The lowest BCUT2D eigenvalue weighted by molar-refractivity contribution is 0.0740. The zero-order chi connectivity index (χ0) is 10.3. The maximum Gasteiger partial charge on any atom is 0.342 e. The van der Waals surface area contributed by atoms with E-state index in [1.54, 1.807) is 4.57 Å². The molecule has 0 aliphatic carbocycles. The first-order chi connectivity index (χ1) is 6.55. The molecule has 2 unspecified atom stereocenters. The zero-order valence-corrected chi connectivity index (χ0v) is 8.98. The predicted molar refractivity (Wildman–Crippen MR) is 53.9 cm³/mol. The van der Waals surface area contributed by atoms with Crippen LogP contribution in [-0.2, 0) is 10.3 Å². The van der Waals surface area contributed by atoms with Gasteiger partial charge in [-0.1, -0.05) is 0 Å². The number of aromatic nitrogens is 3. The van der Waals surface area contributed by atoms with Crippen LogP contribution in [0.3, 0.4) is 0 Å². The van der Waals surface area contributed by atoms with Crippen molar-refractivity contribution in [3.8, 4) is 0 Å². The molecule has 2 N–H and O–H groups in total. The molecular formula is C8H13N3O2S. The summed E-state index contributed by atoms with van der Waals surface area (Å²) in [6, 6.07) is 0. The molecule has 1 aromatic rings. The van der Waals surface area contributed by atoms with Gasteiger partial charge in [0.1, 0.15) is 0 Å². The molecule has 0 bridgehead atoms. The summed E-state index contributed by atoms with van der Waals surface area (Å²) in [6.45, 7) is 4.62. The van der Waals surface area contributed by atoms with E-state index in [-0.39, 0.29) is 17.3 Å². The molecule has 78 valence electrons. The number of H-pyrrole nitrogens is 2. The van der Waals surface area contributed by atoms with E-state index in [0.29, 0.717) is 11.4 Å². The van der Waals surface area contributed by atoms with Gasteiger partial charge in [0.05, 0.1) is 11.6 Å². The van der Waals surface area contributed by atoms with Gasteiger partial charge < -0.3 is 4.74 Å². The summed E-state index contributed by atoms with van der Waals surface area (Å²) in [5.74, 6) is 0. The molecule has 0 amide bonds. The van der Waals surface area contributed by atoms with E-state index in [0.717, 1.165) is 6.42 Å². The lowest BCUT2D eigenvalue weighted by Gasteiger charge is -2.27. The van der Waals surface area contributed by atoms with Gasteiger partial charge in [-0.15, -0.1) is 0 Å². The fourth-order valence-corrected chi connectivity index (χ4v) is 2.24. The van der Waals surface area contributed by atoms with E-state index < -0.39 is 0 Å². The fraction of sp³-hybridized carbons (Fsp3) is 0.750. The number of hydrogen-bond donors (Lipinski definition) is 2. The molecule has 2 atom stereocenters. The number of aromatic amines is 2. The van der Waals surface area contributed by atoms with Crippen LogP contribution in [0.5, 0.6) is 0 Å². The molecule has 6 heteroatoms. The number of ether oxygens (including phenoxy) is 1. The normalized spacial score (nSPS) is 32.3. The van der Waals surface area contributed by atoms with Gasteiger partial charge in [-0.3, -0.25) is 9.67 Å². The summed E-state index contributed by atoms with van der Waals surface area (Å²) in [7, 11) is 0. The second kappa shape index (κ2) is 3.06. The van der Waals surface area contributed by atoms with Crippen LogP contribution in [0.15, 0.2) is 4.79 Å². The highest BCUT2D eigenvalue weighted by molar-refractivity contribution is 7.71. The SMILES string of the molecule is CC1OCCC1(C)n1c(=O)[nH][nH]c1=S. The highest BCUT2D eigenvalue weighted by atomic mass is 32.1. The molecule has 0 spiro atoms. The summed E-state index contributed by atoms with van der Waals surface area (Å²) in [5, 5.41) is 5.13. The number of rotatable bonds is 1. The summed E-state index contributed by atoms with van der Waals surface area (Å²) in [4.78, 5) is 11.5. The molecule has 0 saturated carbocycles. The van der Waals surface area contributed by atoms with E-state index in [1.165, 1.54) is 0 Å². The summed E-state index contributed by atoms with van der Waals surface area (Å²) >= 11 is 5.05. The molecule has 0 radical (unpaired) electrons. The second-order valence-corrected chi connectivity index (χ2v) is 4.20. The number of nitrogens with one attached hydrogen (secondary N) is 2. The van der Waals surface area contributed by atoms with Crippen molar-refractivity contribution in [2.24, 2.45) is 0 Å². The van der Waals surface area contributed by atoms with Crippen LogP contribution in [0.2, 0.25) is 0 Å². The third kappa shape index (κ3) is 1.18. The molecule has 1 saturated heterocycles. The minimum absolute atomic E-state index is 0.00565. The van der Waals surface area contributed by atoms with Crippen molar-refractivity contribution < 1.29 is 4.74 Å². The Morgan fingerprint density at radius 1 is 1.64 bits per heavy atom. The average Bonchev–Trinajstić information content (AvgIpc) is 2.60. The molecule has 2 heterocycles. The van der Waals surface area contributed by atoms with Crippen molar-refractivity contribution in [2.45, 2.75) is 31.9 Å². The Balaban J connectivity index is 2.59. The lowest BCUT2D eigenvalue weighted by Crippen LogP contribution is -2.42. The Morgan fingerprint density at radius 3 is 2.79 bits per heavy atom. The van der Waals surface area contributed by atoms with Crippen molar-refractivity contribution in [2.75, 3.05) is 6.61 Å². The van der Waals surface area contributed by atoms with Crippen molar-refractivity contribution in [1.82, 2.24) is 14.8 Å². The third-order valence-corrected chi connectivity index (χ3v) is 3.33. The minimum atomic E-state index is -0.329. The van der Waals surface area contributed by atoms with Gasteiger partial charge in [0.15, 0.2) is 4.77 Å². The predicted octanol–water partition coefficient (Wildman–Crippen LogP) is 0.758. The lowest BCUT2D eigenvalue weighted by atomic mass is 9.94. The summed E-state index contributed by atoms with van der Waals surface area (Å²) in [6.07, 6.45) is 0.815. The first-order valence-electron chi connectivity index (χ1n) is 4.57. The summed E-state index contributed by atoms with van der Waals surface area (Å²) < 4.78 is 7.46. The first-order valence-corrected chi connectivity index (χ1v) is 4.98. The van der Waals surface area contributed by atoms with Crippen molar-refractivity contribution >= 4 is 12.2 Å². The van der Waals surface area contributed by atoms with Crippen molar-refractivity contribution in [3.63, 3.8) is 0 Å². The van der Waals surface area contributed by atoms with Gasteiger partial charge in [-0.25, -0.2) is 9.89 Å². The highest BCUT2D eigenvalue weighted by Crippen LogP contribution is 2.31.